The normalized spacial score (nSPS) is 14.0. The second-order valence-corrected chi connectivity index (χ2v) is 5.97. The van der Waals surface area contributed by atoms with Crippen LogP contribution >= 0.6 is 11.3 Å². The third-order valence-electron chi connectivity index (χ3n) is 3.48. The van der Waals surface area contributed by atoms with Crippen LogP contribution in [0.15, 0.2) is 36.0 Å². The fraction of sp³-hybridized carbons (Fsp3) is 0.286. The molecule has 1 atom stereocenters. The quantitative estimate of drug-likeness (QED) is 0.800. The summed E-state index contributed by atoms with van der Waals surface area (Å²) >= 11 is 1.60. The zero-order chi connectivity index (χ0) is 14.9. The van der Waals surface area contributed by atoms with Gasteiger partial charge in [0.15, 0.2) is 0 Å². The number of benzene rings is 1. The molecule has 0 fully saturated rings. The van der Waals surface area contributed by atoms with Gasteiger partial charge in [0.2, 0.25) is 0 Å². The Kier molecular flexibility index (Phi) is 3.52. The molecule has 2 heterocycles. The van der Waals surface area contributed by atoms with Crippen LogP contribution < -0.4 is 5.73 Å². The van der Waals surface area contributed by atoms with E-state index in [0.717, 1.165) is 28.4 Å². The zero-order valence-corrected chi connectivity index (χ0v) is 12.7. The summed E-state index contributed by atoms with van der Waals surface area (Å²) in [5.41, 5.74) is 8.73. The van der Waals surface area contributed by atoms with Gasteiger partial charge in [-0.2, -0.15) is 0 Å². The summed E-state index contributed by atoms with van der Waals surface area (Å²) < 4.78 is 1.62. The average Bonchev–Trinajstić information content (AvgIpc) is 3.19. The first-order valence-electron chi connectivity index (χ1n) is 6.69. The molecule has 0 aliphatic heterocycles. The van der Waals surface area contributed by atoms with E-state index in [9.17, 15) is 0 Å². The lowest BCUT2D eigenvalue weighted by Crippen LogP contribution is -2.31. The predicted molar refractivity (Wildman–Crippen MR) is 82.1 cm³/mol. The standard InChI is InChI=1S/C14H16N6S/c1-3-14(2,15)13-17-12(8-21-13)10-5-4-6-11(7-10)20-9-16-18-19-20/h4-9H,3,15H2,1-2H3. The summed E-state index contributed by atoms with van der Waals surface area (Å²) in [6.45, 7) is 4.08. The summed E-state index contributed by atoms with van der Waals surface area (Å²) in [6, 6.07) is 7.94. The molecular weight excluding hydrogens is 284 g/mol. The van der Waals surface area contributed by atoms with Crippen LogP contribution in [0.4, 0.5) is 0 Å². The van der Waals surface area contributed by atoms with E-state index in [2.05, 4.69) is 27.4 Å². The molecule has 0 amide bonds. The van der Waals surface area contributed by atoms with E-state index in [-0.39, 0.29) is 5.54 Å². The van der Waals surface area contributed by atoms with Gasteiger partial charge >= 0.3 is 0 Å². The number of hydrogen-bond donors (Lipinski definition) is 1. The van der Waals surface area contributed by atoms with Crippen molar-refractivity contribution >= 4 is 11.3 Å². The van der Waals surface area contributed by atoms with Gasteiger partial charge in [-0.25, -0.2) is 9.67 Å². The van der Waals surface area contributed by atoms with E-state index < -0.39 is 0 Å². The Morgan fingerprint density at radius 3 is 2.95 bits per heavy atom. The highest BCUT2D eigenvalue weighted by Crippen LogP contribution is 2.29. The molecular formula is C14H16N6S. The van der Waals surface area contributed by atoms with Crippen LogP contribution in [0.25, 0.3) is 16.9 Å². The number of nitrogens with two attached hydrogens (primary N) is 1. The lowest BCUT2D eigenvalue weighted by atomic mass is 10.0. The molecule has 6 nitrogen and oxygen atoms in total. The van der Waals surface area contributed by atoms with Gasteiger partial charge in [-0.15, -0.1) is 16.4 Å². The fourth-order valence-electron chi connectivity index (χ4n) is 1.91. The first kappa shape index (κ1) is 13.8. The zero-order valence-electron chi connectivity index (χ0n) is 11.9. The highest BCUT2D eigenvalue weighted by molar-refractivity contribution is 7.10. The summed E-state index contributed by atoms with van der Waals surface area (Å²) in [6.07, 6.45) is 2.42. The van der Waals surface area contributed by atoms with Crippen LogP contribution in [0.1, 0.15) is 25.3 Å². The number of aromatic nitrogens is 5. The van der Waals surface area contributed by atoms with E-state index in [1.807, 2.05) is 36.6 Å². The molecule has 108 valence electrons. The summed E-state index contributed by atoms with van der Waals surface area (Å²) in [5, 5.41) is 14.2. The third-order valence-corrected chi connectivity index (χ3v) is 4.60. The Bertz CT molecular complexity index is 732. The van der Waals surface area contributed by atoms with Crippen LogP contribution in [0.5, 0.6) is 0 Å². The predicted octanol–water partition coefficient (Wildman–Crippen LogP) is 2.37. The largest absolute Gasteiger partial charge is 0.320 e. The Hall–Kier alpha value is -2.12. The minimum Gasteiger partial charge on any atom is -0.320 e. The molecule has 2 aromatic heterocycles. The van der Waals surface area contributed by atoms with Gasteiger partial charge in [-0.05, 0) is 35.9 Å². The Morgan fingerprint density at radius 1 is 1.38 bits per heavy atom. The minimum absolute atomic E-state index is 0.379. The molecule has 0 aliphatic carbocycles. The maximum absolute atomic E-state index is 6.25. The Balaban J connectivity index is 1.96. The topological polar surface area (TPSA) is 82.5 Å². The number of thiazole rings is 1. The molecule has 1 aromatic carbocycles. The van der Waals surface area contributed by atoms with Crippen LogP contribution in [0.2, 0.25) is 0 Å². The van der Waals surface area contributed by atoms with Crippen LogP contribution in [-0.2, 0) is 5.54 Å². The van der Waals surface area contributed by atoms with Gasteiger partial charge in [0, 0.05) is 10.9 Å². The summed E-state index contributed by atoms with van der Waals surface area (Å²) in [5.74, 6) is 0. The third kappa shape index (κ3) is 2.70. The molecule has 0 spiro atoms. The van der Waals surface area contributed by atoms with Crippen molar-refractivity contribution in [2.24, 2.45) is 5.73 Å². The minimum atomic E-state index is -0.379. The van der Waals surface area contributed by atoms with Crippen molar-refractivity contribution in [1.82, 2.24) is 25.2 Å². The molecule has 0 aliphatic rings. The van der Waals surface area contributed by atoms with Crippen molar-refractivity contribution in [2.75, 3.05) is 0 Å². The Morgan fingerprint density at radius 2 is 2.24 bits per heavy atom. The molecule has 0 radical (unpaired) electrons. The highest BCUT2D eigenvalue weighted by atomic mass is 32.1. The lowest BCUT2D eigenvalue weighted by molar-refractivity contribution is 0.474. The smallest absolute Gasteiger partial charge is 0.143 e. The SMILES string of the molecule is CCC(C)(N)c1nc(-c2cccc(-n3cnnn3)c2)cs1. The molecule has 21 heavy (non-hydrogen) atoms. The van der Waals surface area contributed by atoms with Crippen LogP contribution in [0, 0.1) is 0 Å². The van der Waals surface area contributed by atoms with Gasteiger partial charge in [0.1, 0.15) is 11.3 Å². The first-order chi connectivity index (χ1) is 10.1. The maximum atomic E-state index is 6.25. The van der Waals surface area contributed by atoms with E-state index >= 15 is 0 Å². The van der Waals surface area contributed by atoms with Gasteiger partial charge in [-0.3, -0.25) is 0 Å². The maximum Gasteiger partial charge on any atom is 0.143 e. The van der Waals surface area contributed by atoms with E-state index in [1.165, 1.54) is 0 Å². The van der Waals surface area contributed by atoms with Crippen molar-refractivity contribution in [3.05, 3.63) is 41.0 Å². The van der Waals surface area contributed by atoms with Crippen LogP contribution in [-0.4, -0.2) is 25.2 Å². The van der Waals surface area contributed by atoms with Crippen molar-refractivity contribution < 1.29 is 0 Å². The monoisotopic (exact) mass is 300 g/mol. The number of rotatable bonds is 4. The van der Waals surface area contributed by atoms with E-state index in [4.69, 9.17) is 5.73 Å². The molecule has 3 aromatic rings. The van der Waals surface area contributed by atoms with Gasteiger partial charge < -0.3 is 5.73 Å². The molecule has 2 N–H and O–H groups in total. The number of tetrazole rings is 1. The number of hydrogen-bond acceptors (Lipinski definition) is 6. The fourth-order valence-corrected chi connectivity index (χ4v) is 2.88. The lowest BCUT2D eigenvalue weighted by Gasteiger charge is -2.18. The Labute approximate surface area is 126 Å². The highest BCUT2D eigenvalue weighted by Gasteiger charge is 2.22. The second kappa shape index (κ2) is 5.34. The van der Waals surface area contributed by atoms with Crippen molar-refractivity contribution in [3.8, 4) is 16.9 Å². The molecule has 3 rings (SSSR count). The second-order valence-electron chi connectivity index (χ2n) is 5.11. The van der Waals surface area contributed by atoms with E-state index in [1.54, 1.807) is 22.3 Å². The van der Waals surface area contributed by atoms with E-state index in [0.29, 0.717) is 0 Å². The van der Waals surface area contributed by atoms with Gasteiger partial charge in [-0.1, -0.05) is 19.1 Å². The first-order valence-corrected chi connectivity index (χ1v) is 7.57. The average molecular weight is 300 g/mol. The summed E-state index contributed by atoms with van der Waals surface area (Å²) in [7, 11) is 0. The van der Waals surface area contributed by atoms with Crippen molar-refractivity contribution in [1.29, 1.82) is 0 Å². The molecule has 0 saturated heterocycles. The molecule has 0 saturated carbocycles. The molecule has 0 bridgehead atoms. The summed E-state index contributed by atoms with van der Waals surface area (Å²) in [4.78, 5) is 4.68. The van der Waals surface area contributed by atoms with Gasteiger partial charge in [0.25, 0.3) is 0 Å². The van der Waals surface area contributed by atoms with Crippen LogP contribution in [0.3, 0.4) is 0 Å². The van der Waals surface area contributed by atoms with Crippen molar-refractivity contribution in [3.63, 3.8) is 0 Å². The van der Waals surface area contributed by atoms with Gasteiger partial charge in [0.05, 0.1) is 16.9 Å². The molecule has 1 unspecified atom stereocenters. The van der Waals surface area contributed by atoms with Crippen molar-refractivity contribution in [2.45, 2.75) is 25.8 Å². The molecule has 7 heteroatoms. The number of nitrogens with zero attached hydrogens (tertiary/aromatic N) is 5.